The molecule has 1 atom stereocenters. The SMILES string of the molecule is COc1cc(OC)cc(C(N)CCOCC(F)(F)F)c1. The summed E-state index contributed by atoms with van der Waals surface area (Å²) in [5, 5.41) is 0. The summed E-state index contributed by atoms with van der Waals surface area (Å²) in [6.07, 6.45) is -4.05. The zero-order chi connectivity index (χ0) is 15.2. The number of hydrogen-bond donors (Lipinski definition) is 1. The molecule has 7 heteroatoms. The summed E-state index contributed by atoms with van der Waals surface area (Å²) in [4.78, 5) is 0. The zero-order valence-corrected chi connectivity index (χ0v) is 11.4. The number of hydrogen-bond acceptors (Lipinski definition) is 4. The predicted molar refractivity (Wildman–Crippen MR) is 68.0 cm³/mol. The molecule has 0 aliphatic heterocycles. The summed E-state index contributed by atoms with van der Waals surface area (Å²) in [6.45, 7) is -1.33. The van der Waals surface area contributed by atoms with Crippen LogP contribution in [0.1, 0.15) is 18.0 Å². The standard InChI is InChI=1S/C13H18F3NO3/c1-18-10-5-9(6-11(7-10)19-2)12(17)3-4-20-8-13(14,15)16/h5-7,12H,3-4,8,17H2,1-2H3. The van der Waals surface area contributed by atoms with Gasteiger partial charge >= 0.3 is 6.18 Å². The Hall–Kier alpha value is -1.47. The summed E-state index contributed by atoms with van der Waals surface area (Å²) in [6, 6.07) is 4.68. The van der Waals surface area contributed by atoms with Gasteiger partial charge in [0.05, 0.1) is 14.2 Å². The number of benzene rings is 1. The molecule has 2 N–H and O–H groups in total. The molecular formula is C13H18F3NO3. The van der Waals surface area contributed by atoms with Crippen molar-refractivity contribution in [2.75, 3.05) is 27.4 Å². The van der Waals surface area contributed by atoms with Gasteiger partial charge in [0, 0.05) is 18.7 Å². The molecule has 1 aromatic carbocycles. The molecule has 0 saturated carbocycles. The minimum absolute atomic E-state index is 0.0692. The number of ether oxygens (including phenoxy) is 3. The molecule has 20 heavy (non-hydrogen) atoms. The van der Waals surface area contributed by atoms with Crippen LogP contribution < -0.4 is 15.2 Å². The van der Waals surface area contributed by atoms with Crippen LogP contribution in [-0.4, -0.2) is 33.6 Å². The van der Waals surface area contributed by atoms with Crippen molar-refractivity contribution in [3.63, 3.8) is 0 Å². The van der Waals surface area contributed by atoms with Gasteiger partial charge in [-0.3, -0.25) is 0 Å². The second-order valence-electron chi connectivity index (χ2n) is 4.21. The average Bonchev–Trinajstić information content (AvgIpc) is 2.41. The fourth-order valence-electron chi connectivity index (χ4n) is 1.61. The lowest BCUT2D eigenvalue weighted by molar-refractivity contribution is -0.174. The van der Waals surface area contributed by atoms with Crippen LogP contribution in [-0.2, 0) is 4.74 Å². The van der Waals surface area contributed by atoms with Gasteiger partial charge < -0.3 is 19.9 Å². The monoisotopic (exact) mass is 293 g/mol. The first-order valence-electron chi connectivity index (χ1n) is 5.98. The van der Waals surface area contributed by atoms with E-state index in [-0.39, 0.29) is 13.0 Å². The van der Waals surface area contributed by atoms with Gasteiger partial charge in [-0.05, 0) is 24.1 Å². The predicted octanol–water partition coefficient (Wildman–Crippen LogP) is 2.67. The molecule has 0 heterocycles. The van der Waals surface area contributed by atoms with Gasteiger partial charge in [-0.1, -0.05) is 0 Å². The topological polar surface area (TPSA) is 53.7 Å². The second-order valence-corrected chi connectivity index (χ2v) is 4.21. The summed E-state index contributed by atoms with van der Waals surface area (Å²) < 4.78 is 50.5. The Morgan fingerprint density at radius 2 is 1.65 bits per heavy atom. The van der Waals surface area contributed by atoms with Crippen LogP contribution in [0.2, 0.25) is 0 Å². The third-order valence-corrected chi connectivity index (χ3v) is 2.64. The Labute approximate surface area is 115 Å². The molecule has 4 nitrogen and oxygen atoms in total. The molecule has 0 radical (unpaired) electrons. The number of rotatable bonds is 7. The minimum atomic E-state index is -4.32. The van der Waals surface area contributed by atoms with Gasteiger partial charge in [-0.15, -0.1) is 0 Å². The van der Waals surface area contributed by atoms with Crippen LogP contribution in [0, 0.1) is 0 Å². The van der Waals surface area contributed by atoms with Gasteiger partial charge in [0.25, 0.3) is 0 Å². The summed E-state index contributed by atoms with van der Waals surface area (Å²) in [5.41, 5.74) is 6.64. The van der Waals surface area contributed by atoms with E-state index in [1.807, 2.05) is 0 Å². The average molecular weight is 293 g/mol. The van der Waals surface area contributed by atoms with Gasteiger partial charge in [0.1, 0.15) is 18.1 Å². The maximum absolute atomic E-state index is 11.9. The van der Waals surface area contributed by atoms with Crippen LogP contribution in [0.5, 0.6) is 11.5 Å². The van der Waals surface area contributed by atoms with E-state index >= 15 is 0 Å². The lowest BCUT2D eigenvalue weighted by Gasteiger charge is -2.15. The van der Waals surface area contributed by atoms with Crippen molar-refractivity contribution in [1.82, 2.24) is 0 Å². The summed E-state index contributed by atoms with van der Waals surface area (Å²) >= 11 is 0. The van der Waals surface area contributed by atoms with E-state index in [9.17, 15) is 13.2 Å². The molecule has 0 aliphatic rings. The lowest BCUT2D eigenvalue weighted by Crippen LogP contribution is -2.19. The zero-order valence-electron chi connectivity index (χ0n) is 11.4. The number of nitrogens with two attached hydrogens (primary N) is 1. The van der Waals surface area contributed by atoms with E-state index in [0.717, 1.165) is 5.56 Å². The van der Waals surface area contributed by atoms with E-state index in [4.69, 9.17) is 15.2 Å². The van der Waals surface area contributed by atoms with E-state index in [1.54, 1.807) is 18.2 Å². The highest BCUT2D eigenvalue weighted by Crippen LogP contribution is 2.27. The highest BCUT2D eigenvalue weighted by atomic mass is 19.4. The van der Waals surface area contributed by atoms with Crippen molar-refractivity contribution >= 4 is 0 Å². The molecule has 0 bridgehead atoms. The van der Waals surface area contributed by atoms with E-state index in [0.29, 0.717) is 11.5 Å². The molecule has 114 valence electrons. The van der Waals surface area contributed by atoms with Crippen LogP contribution >= 0.6 is 0 Å². The largest absolute Gasteiger partial charge is 0.497 e. The number of alkyl halides is 3. The molecule has 0 aliphatic carbocycles. The molecular weight excluding hydrogens is 275 g/mol. The lowest BCUT2D eigenvalue weighted by atomic mass is 10.0. The maximum atomic E-state index is 11.9. The first kappa shape index (κ1) is 16.6. The van der Waals surface area contributed by atoms with Gasteiger partial charge in [0.15, 0.2) is 0 Å². The quantitative estimate of drug-likeness (QED) is 0.785. The van der Waals surface area contributed by atoms with Crippen LogP contribution in [0.15, 0.2) is 18.2 Å². The summed E-state index contributed by atoms with van der Waals surface area (Å²) in [7, 11) is 3.02. The molecule has 0 spiro atoms. The maximum Gasteiger partial charge on any atom is 0.411 e. The smallest absolute Gasteiger partial charge is 0.411 e. The van der Waals surface area contributed by atoms with E-state index < -0.39 is 18.8 Å². The second kappa shape index (κ2) is 7.35. The van der Waals surface area contributed by atoms with Crippen molar-refractivity contribution in [3.8, 4) is 11.5 Å². The molecule has 1 aromatic rings. The third kappa shape index (κ3) is 5.66. The Balaban J connectivity index is 2.56. The van der Waals surface area contributed by atoms with Gasteiger partial charge in [0.2, 0.25) is 0 Å². The van der Waals surface area contributed by atoms with Gasteiger partial charge in [-0.2, -0.15) is 13.2 Å². The van der Waals surface area contributed by atoms with Crippen molar-refractivity contribution in [1.29, 1.82) is 0 Å². The fourth-order valence-corrected chi connectivity index (χ4v) is 1.61. The normalized spacial score (nSPS) is 13.1. The van der Waals surface area contributed by atoms with Crippen molar-refractivity contribution in [2.24, 2.45) is 5.73 Å². The van der Waals surface area contributed by atoms with Crippen molar-refractivity contribution in [3.05, 3.63) is 23.8 Å². The van der Waals surface area contributed by atoms with E-state index in [2.05, 4.69) is 4.74 Å². The minimum Gasteiger partial charge on any atom is -0.497 e. The first-order chi connectivity index (χ1) is 9.35. The number of halogens is 3. The van der Waals surface area contributed by atoms with Crippen LogP contribution in [0.25, 0.3) is 0 Å². The van der Waals surface area contributed by atoms with Crippen LogP contribution in [0.4, 0.5) is 13.2 Å². The molecule has 1 unspecified atom stereocenters. The molecule has 0 amide bonds. The molecule has 1 rings (SSSR count). The highest BCUT2D eigenvalue weighted by molar-refractivity contribution is 5.39. The molecule has 0 saturated heterocycles. The van der Waals surface area contributed by atoms with Crippen molar-refractivity contribution in [2.45, 2.75) is 18.6 Å². The van der Waals surface area contributed by atoms with Gasteiger partial charge in [-0.25, -0.2) is 0 Å². The molecule has 0 fully saturated rings. The Bertz CT molecular complexity index is 402. The highest BCUT2D eigenvalue weighted by Gasteiger charge is 2.27. The molecule has 0 aromatic heterocycles. The van der Waals surface area contributed by atoms with Crippen molar-refractivity contribution < 1.29 is 27.4 Å². The first-order valence-corrected chi connectivity index (χ1v) is 5.98. The number of methoxy groups -OCH3 is 2. The Kier molecular flexibility index (Phi) is 6.09. The Morgan fingerprint density at radius 3 is 2.10 bits per heavy atom. The van der Waals surface area contributed by atoms with E-state index in [1.165, 1.54) is 14.2 Å². The Morgan fingerprint density at radius 1 is 1.10 bits per heavy atom. The van der Waals surface area contributed by atoms with Crippen LogP contribution in [0.3, 0.4) is 0 Å². The fraction of sp³-hybridized carbons (Fsp3) is 0.538. The third-order valence-electron chi connectivity index (χ3n) is 2.64. The summed E-state index contributed by atoms with van der Waals surface area (Å²) in [5.74, 6) is 1.15.